The molecule has 1 rings (SSSR count). The number of aldehydes is 1. The van der Waals surface area contributed by atoms with Crippen LogP contribution in [0, 0.1) is 5.82 Å². The van der Waals surface area contributed by atoms with Gasteiger partial charge in [0.25, 0.3) is 0 Å². The van der Waals surface area contributed by atoms with E-state index in [1.54, 1.807) is 0 Å². The summed E-state index contributed by atoms with van der Waals surface area (Å²) >= 11 is 0. The van der Waals surface area contributed by atoms with E-state index in [4.69, 9.17) is 9.47 Å². The van der Waals surface area contributed by atoms with E-state index in [0.717, 1.165) is 12.5 Å². The first-order chi connectivity index (χ1) is 7.76. The number of hydrogen-bond acceptors (Lipinski definition) is 3. The van der Waals surface area contributed by atoms with E-state index < -0.39 is 5.82 Å². The van der Waals surface area contributed by atoms with Crippen molar-refractivity contribution in [2.45, 2.75) is 13.3 Å². The molecule has 3 nitrogen and oxygen atoms in total. The molecule has 0 aliphatic heterocycles. The molecule has 16 heavy (non-hydrogen) atoms. The van der Waals surface area contributed by atoms with Gasteiger partial charge < -0.3 is 9.47 Å². The summed E-state index contributed by atoms with van der Waals surface area (Å²) in [4.78, 5) is 10.5. The van der Waals surface area contributed by atoms with E-state index in [1.165, 1.54) is 12.1 Å². The van der Waals surface area contributed by atoms with Crippen molar-refractivity contribution in [3.8, 4) is 5.75 Å². The molecule has 0 aromatic heterocycles. The van der Waals surface area contributed by atoms with E-state index in [1.807, 2.05) is 6.92 Å². The quantitative estimate of drug-likeness (QED) is 0.529. The third-order valence-corrected chi connectivity index (χ3v) is 1.87. The summed E-state index contributed by atoms with van der Waals surface area (Å²) < 4.78 is 23.4. The van der Waals surface area contributed by atoms with Crippen molar-refractivity contribution in [1.82, 2.24) is 0 Å². The van der Waals surface area contributed by atoms with Gasteiger partial charge in [0.15, 0.2) is 0 Å². The van der Waals surface area contributed by atoms with Crippen LogP contribution in [-0.2, 0) is 4.74 Å². The van der Waals surface area contributed by atoms with E-state index in [9.17, 15) is 9.18 Å². The highest BCUT2D eigenvalue weighted by Crippen LogP contribution is 2.15. The van der Waals surface area contributed by atoms with E-state index in [-0.39, 0.29) is 5.56 Å². The first kappa shape index (κ1) is 12.6. The number of hydrogen-bond donors (Lipinski definition) is 0. The van der Waals surface area contributed by atoms with Gasteiger partial charge in [-0.25, -0.2) is 4.39 Å². The minimum Gasteiger partial charge on any atom is -0.491 e. The summed E-state index contributed by atoms with van der Waals surface area (Å²) in [5, 5.41) is 0. The molecule has 1 aromatic carbocycles. The summed E-state index contributed by atoms with van der Waals surface area (Å²) in [6.07, 6.45) is 1.54. The van der Waals surface area contributed by atoms with Crippen LogP contribution >= 0.6 is 0 Å². The van der Waals surface area contributed by atoms with E-state index in [0.29, 0.717) is 31.9 Å². The lowest BCUT2D eigenvalue weighted by atomic mass is 10.2. The van der Waals surface area contributed by atoms with Crippen molar-refractivity contribution >= 4 is 6.29 Å². The molecular formula is C12H15FO3. The van der Waals surface area contributed by atoms with Gasteiger partial charge in [0.05, 0.1) is 6.61 Å². The Bertz CT molecular complexity index is 339. The van der Waals surface area contributed by atoms with Crippen LogP contribution < -0.4 is 4.74 Å². The lowest BCUT2D eigenvalue weighted by molar-refractivity contribution is 0.100. The molecule has 0 aliphatic rings. The monoisotopic (exact) mass is 226 g/mol. The Morgan fingerprint density at radius 1 is 1.25 bits per heavy atom. The second kappa shape index (κ2) is 6.95. The molecule has 0 saturated carbocycles. The Balaban J connectivity index is 2.41. The van der Waals surface area contributed by atoms with Crippen molar-refractivity contribution in [2.75, 3.05) is 19.8 Å². The SMILES string of the molecule is CCCOCCOc1cc(F)cc(C=O)c1. The maximum absolute atomic E-state index is 13.0. The summed E-state index contributed by atoms with van der Waals surface area (Å²) in [6.45, 7) is 3.51. The van der Waals surface area contributed by atoms with Crippen LogP contribution in [0.2, 0.25) is 0 Å². The van der Waals surface area contributed by atoms with Gasteiger partial charge in [-0.15, -0.1) is 0 Å². The van der Waals surface area contributed by atoms with Gasteiger partial charge in [0.1, 0.15) is 24.5 Å². The third kappa shape index (κ3) is 4.40. The van der Waals surface area contributed by atoms with Crippen molar-refractivity contribution in [1.29, 1.82) is 0 Å². The molecule has 0 N–H and O–H groups in total. The average molecular weight is 226 g/mol. The van der Waals surface area contributed by atoms with Crippen LogP contribution in [0.5, 0.6) is 5.75 Å². The predicted octanol–water partition coefficient (Wildman–Crippen LogP) is 2.44. The summed E-state index contributed by atoms with van der Waals surface area (Å²) in [6, 6.07) is 3.90. The zero-order valence-corrected chi connectivity index (χ0v) is 9.24. The molecule has 0 saturated heterocycles. The smallest absolute Gasteiger partial charge is 0.150 e. The number of rotatable bonds is 7. The molecule has 0 heterocycles. The number of halogens is 1. The molecule has 0 aliphatic carbocycles. The van der Waals surface area contributed by atoms with Crippen LogP contribution in [0.4, 0.5) is 4.39 Å². The Morgan fingerprint density at radius 3 is 2.75 bits per heavy atom. The van der Waals surface area contributed by atoms with Crippen molar-refractivity contribution in [2.24, 2.45) is 0 Å². The third-order valence-electron chi connectivity index (χ3n) is 1.87. The molecule has 0 radical (unpaired) electrons. The van der Waals surface area contributed by atoms with Crippen molar-refractivity contribution < 1.29 is 18.7 Å². The Kier molecular flexibility index (Phi) is 5.50. The van der Waals surface area contributed by atoms with Gasteiger partial charge in [0.2, 0.25) is 0 Å². The number of carbonyl (C=O) groups excluding carboxylic acids is 1. The van der Waals surface area contributed by atoms with Crippen molar-refractivity contribution in [3.05, 3.63) is 29.6 Å². The fourth-order valence-electron chi connectivity index (χ4n) is 1.20. The fraction of sp³-hybridized carbons (Fsp3) is 0.417. The molecule has 88 valence electrons. The largest absolute Gasteiger partial charge is 0.491 e. The van der Waals surface area contributed by atoms with Crippen molar-refractivity contribution in [3.63, 3.8) is 0 Å². The molecular weight excluding hydrogens is 211 g/mol. The molecule has 0 fully saturated rings. The Hall–Kier alpha value is -1.42. The maximum Gasteiger partial charge on any atom is 0.150 e. The molecule has 1 aromatic rings. The highest BCUT2D eigenvalue weighted by atomic mass is 19.1. The lowest BCUT2D eigenvalue weighted by Gasteiger charge is -2.07. The highest BCUT2D eigenvalue weighted by Gasteiger charge is 2.01. The zero-order valence-electron chi connectivity index (χ0n) is 9.24. The second-order valence-corrected chi connectivity index (χ2v) is 3.30. The average Bonchev–Trinajstić information content (AvgIpc) is 2.28. The normalized spacial score (nSPS) is 10.1. The zero-order chi connectivity index (χ0) is 11.8. The van der Waals surface area contributed by atoms with Crippen LogP contribution in [0.15, 0.2) is 18.2 Å². The molecule has 0 unspecified atom stereocenters. The number of benzene rings is 1. The molecule has 0 bridgehead atoms. The van der Waals surface area contributed by atoms with E-state index in [2.05, 4.69) is 0 Å². The van der Waals surface area contributed by atoms with Crippen LogP contribution in [0.3, 0.4) is 0 Å². The van der Waals surface area contributed by atoms with Gasteiger partial charge in [-0.3, -0.25) is 4.79 Å². The molecule has 0 amide bonds. The van der Waals surface area contributed by atoms with Gasteiger partial charge in [0, 0.05) is 18.2 Å². The van der Waals surface area contributed by atoms with Gasteiger partial charge in [-0.1, -0.05) is 6.92 Å². The van der Waals surface area contributed by atoms with Gasteiger partial charge in [-0.2, -0.15) is 0 Å². The standard InChI is InChI=1S/C12H15FO3/c1-2-3-15-4-5-16-12-7-10(9-14)6-11(13)8-12/h6-9H,2-5H2,1H3. The fourth-order valence-corrected chi connectivity index (χ4v) is 1.20. The lowest BCUT2D eigenvalue weighted by Crippen LogP contribution is -2.07. The Labute approximate surface area is 94.2 Å². The summed E-state index contributed by atoms with van der Waals surface area (Å²) in [7, 11) is 0. The molecule has 0 spiro atoms. The van der Waals surface area contributed by atoms with E-state index >= 15 is 0 Å². The van der Waals surface area contributed by atoms with Crippen LogP contribution in [-0.4, -0.2) is 26.1 Å². The predicted molar refractivity (Wildman–Crippen MR) is 58.4 cm³/mol. The first-order valence-corrected chi connectivity index (χ1v) is 5.22. The second-order valence-electron chi connectivity index (χ2n) is 3.30. The minimum absolute atomic E-state index is 0.268. The first-order valence-electron chi connectivity index (χ1n) is 5.22. The van der Waals surface area contributed by atoms with Crippen LogP contribution in [0.25, 0.3) is 0 Å². The summed E-state index contributed by atoms with van der Waals surface area (Å²) in [5.41, 5.74) is 0.268. The van der Waals surface area contributed by atoms with Gasteiger partial charge >= 0.3 is 0 Å². The summed E-state index contributed by atoms with van der Waals surface area (Å²) in [5.74, 6) is -0.128. The Morgan fingerprint density at radius 2 is 2.06 bits per heavy atom. The topological polar surface area (TPSA) is 35.5 Å². The molecule has 4 heteroatoms. The minimum atomic E-state index is -0.478. The maximum atomic E-state index is 13.0. The number of carbonyl (C=O) groups is 1. The molecule has 0 atom stereocenters. The number of ether oxygens (including phenoxy) is 2. The van der Waals surface area contributed by atoms with Crippen LogP contribution in [0.1, 0.15) is 23.7 Å². The highest BCUT2D eigenvalue weighted by molar-refractivity contribution is 5.75. The van der Waals surface area contributed by atoms with Gasteiger partial charge in [-0.05, 0) is 18.6 Å².